The van der Waals surface area contributed by atoms with Crippen LogP contribution >= 0.6 is 0 Å². The minimum absolute atomic E-state index is 0.0530. The molecule has 6 aromatic carbocycles. The lowest BCUT2D eigenvalue weighted by Gasteiger charge is -2.13. The first kappa shape index (κ1) is 43.5. The molecule has 0 aliphatic carbocycles. The van der Waals surface area contributed by atoms with E-state index in [0.717, 1.165) is 56.2 Å². The van der Waals surface area contributed by atoms with Crippen molar-refractivity contribution in [2.45, 2.75) is 19.6 Å². The molecule has 0 bridgehead atoms. The molecule has 0 amide bonds. The van der Waals surface area contributed by atoms with Crippen LogP contribution in [0.4, 0.5) is 22.7 Å². The molecule has 6 aromatic rings. The van der Waals surface area contributed by atoms with Gasteiger partial charge in [-0.05, 0) is 121 Å². The van der Waals surface area contributed by atoms with Crippen molar-refractivity contribution in [3.05, 3.63) is 157 Å². The Morgan fingerprint density at radius 2 is 0.672 bits per heavy atom. The van der Waals surface area contributed by atoms with E-state index in [1.165, 1.54) is 97.1 Å². The summed E-state index contributed by atoms with van der Waals surface area (Å²) in [6.07, 6.45) is 0. The molecule has 23 heteroatoms. The number of aromatic carboxylic acids is 2. The molecule has 0 saturated heterocycles. The highest BCUT2D eigenvalue weighted by Crippen LogP contribution is 2.26. The van der Waals surface area contributed by atoms with Gasteiger partial charge in [-0.3, -0.25) is 18.9 Å². The minimum Gasteiger partial charge on any atom is -0.526 e. The standard InChI is InChI=1S/C38H30BN4O14S4/c44-37(45)25-7-15-33(16-8-25)58(48,49)40-27-11-19-35(20-12-27)60(52,53)42-29-3-1-5-31(23-29)56-39-57-32-6-2-4-30(24-32)43-61(54,55)36-21-13-28(14-22-36)41-59(50,51)34-17-9-26(10-18-34)38(46)47/h1-24,40-43H,(H,44,45)(H,46,47). The molecule has 0 unspecified atom stereocenters. The van der Waals surface area contributed by atoms with E-state index >= 15 is 0 Å². The highest BCUT2D eigenvalue weighted by molar-refractivity contribution is 7.93. The summed E-state index contributed by atoms with van der Waals surface area (Å²) in [5, 5.41) is 18.1. The summed E-state index contributed by atoms with van der Waals surface area (Å²) in [5.74, 6) is -2.13. The maximum absolute atomic E-state index is 13.1. The third-order valence-electron chi connectivity index (χ3n) is 8.20. The molecule has 0 aliphatic rings. The van der Waals surface area contributed by atoms with Crippen molar-refractivity contribution in [1.29, 1.82) is 0 Å². The third-order valence-corrected chi connectivity index (χ3v) is 13.8. The molecule has 6 N–H and O–H groups in total. The molecule has 1 radical (unpaired) electrons. The summed E-state index contributed by atoms with van der Waals surface area (Å²) in [5.41, 5.74) is 0.128. The molecule has 0 spiro atoms. The first-order valence-corrected chi connectivity index (χ1v) is 23.1. The molecule has 0 heterocycles. The van der Waals surface area contributed by atoms with Gasteiger partial charge >= 0.3 is 19.6 Å². The maximum Gasteiger partial charge on any atom is 0.658 e. The predicted octanol–water partition coefficient (Wildman–Crippen LogP) is 5.28. The summed E-state index contributed by atoms with van der Waals surface area (Å²) in [6.45, 7) is 0. The molecule has 0 aliphatic heterocycles. The van der Waals surface area contributed by atoms with Crippen LogP contribution in [0.3, 0.4) is 0 Å². The zero-order valence-corrected chi connectivity index (χ0v) is 34.1. The Morgan fingerprint density at radius 1 is 0.393 bits per heavy atom. The molecule has 0 aromatic heterocycles. The van der Waals surface area contributed by atoms with E-state index in [0.29, 0.717) is 0 Å². The van der Waals surface area contributed by atoms with Crippen molar-refractivity contribution in [2.24, 2.45) is 0 Å². The first-order chi connectivity index (χ1) is 28.8. The van der Waals surface area contributed by atoms with Gasteiger partial charge in [-0.15, -0.1) is 0 Å². The number of carboxylic acids is 2. The number of hydrogen-bond donors (Lipinski definition) is 6. The van der Waals surface area contributed by atoms with E-state index in [1.54, 1.807) is 0 Å². The number of carbonyl (C=O) groups is 2. The number of nitrogens with one attached hydrogen (secondary N) is 4. The van der Waals surface area contributed by atoms with Crippen molar-refractivity contribution in [1.82, 2.24) is 0 Å². The second-order valence-corrected chi connectivity index (χ2v) is 19.2. The fraction of sp³-hybridized carbons (Fsp3) is 0. The molecule has 18 nitrogen and oxygen atoms in total. The normalized spacial score (nSPS) is 11.7. The van der Waals surface area contributed by atoms with Crippen LogP contribution in [0.5, 0.6) is 11.5 Å². The number of carboxylic acid groups (broad SMARTS) is 2. The Bertz CT molecular complexity index is 2840. The number of sulfonamides is 4. The van der Waals surface area contributed by atoms with Crippen molar-refractivity contribution < 1.29 is 62.8 Å². The zero-order valence-electron chi connectivity index (χ0n) is 30.9. The Kier molecular flexibility index (Phi) is 12.6. The summed E-state index contributed by atoms with van der Waals surface area (Å²) >= 11 is 0. The van der Waals surface area contributed by atoms with Crippen LogP contribution in [-0.2, 0) is 40.1 Å². The van der Waals surface area contributed by atoms with E-state index in [1.807, 2.05) is 0 Å². The number of benzene rings is 6. The fourth-order valence-corrected chi connectivity index (χ4v) is 9.43. The van der Waals surface area contributed by atoms with Crippen molar-refractivity contribution >= 4 is 82.5 Å². The molecule has 313 valence electrons. The van der Waals surface area contributed by atoms with Crippen LogP contribution in [0.25, 0.3) is 0 Å². The van der Waals surface area contributed by atoms with Crippen molar-refractivity contribution in [3.8, 4) is 11.5 Å². The van der Waals surface area contributed by atoms with E-state index in [-0.39, 0.29) is 65.0 Å². The number of rotatable bonds is 18. The SMILES string of the molecule is O=C(O)c1ccc(S(=O)(=O)Nc2ccc(S(=O)(=O)Nc3cccc(O[B]Oc4cccc(NS(=O)(=O)c5ccc(NS(=O)(=O)c6ccc(C(=O)O)cc6)cc5)c4)c3)cc2)cc1. The summed E-state index contributed by atoms with van der Waals surface area (Å²) in [6, 6.07) is 30.4. The molecular formula is C38H30BN4O14S4. The topological polar surface area (TPSA) is 278 Å². The smallest absolute Gasteiger partial charge is 0.526 e. The predicted molar refractivity (Wildman–Crippen MR) is 223 cm³/mol. The Balaban J connectivity index is 1.01. The monoisotopic (exact) mass is 905 g/mol. The van der Waals surface area contributed by atoms with Crippen LogP contribution in [0.15, 0.2) is 165 Å². The molecule has 61 heavy (non-hydrogen) atoms. The third kappa shape index (κ3) is 11.2. The van der Waals surface area contributed by atoms with Gasteiger partial charge in [0, 0.05) is 23.5 Å². The molecule has 0 fully saturated rings. The second-order valence-electron chi connectivity index (χ2n) is 12.5. The number of hydrogen-bond acceptors (Lipinski definition) is 12. The molecular weight excluding hydrogens is 876 g/mol. The van der Waals surface area contributed by atoms with Gasteiger partial charge in [0.1, 0.15) is 11.5 Å². The van der Waals surface area contributed by atoms with Crippen LogP contribution in [0.2, 0.25) is 0 Å². The van der Waals surface area contributed by atoms with Crippen molar-refractivity contribution in [2.75, 3.05) is 18.9 Å². The van der Waals surface area contributed by atoms with Gasteiger partial charge in [-0.1, -0.05) is 12.1 Å². The second kappa shape index (κ2) is 17.6. The highest BCUT2D eigenvalue weighted by atomic mass is 32.2. The Hall–Kier alpha value is -7.08. The van der Waals surface area contributed by atoms with Gasteiger partial charge in [-0.25, -0.2) is 43.3 Å². The van der Waals surface area contributed by atoms with Crippen LogP contribution < -0.4 is 28.2 Å². The first-order valence-electron chi connectivity index (χ1n) is 17.1. The lowest BCUT2D eigenvalue weighted by atomic mass is 10.2. The van der Waals surface area contributed by atoms with Crippen LogP contribution in [-0.4, -0.2) is 63.5 Å². The van der Waals surface area contributed by atoms with Gasteiger partial charge in [-0.2, -0.15) is 0 Å². The highest BCUT2D eigenvalue weighted by Gasteiger charge is 2.20. The minimum atomic E-state index is -4.16. The van der Waals surface area contributed by atoms with Gasteiger partial charge in [0.2, 0.25) is 0 Å². The van der Waals surface area contributed by atoms with E-state index in [2.05, 4.69) is 18.9 Å². The molecule has 0 saturated carbocycles. The largest absolute Gasteiger partial charge is 0.658 e. The van der Waals surface area contributed by atoms with E-state index in [9.17, 15) is 43.3 Å². The lowest BCUT2D eigenvalue weighted by molar-refractivity contribution is 0.0686. The van der Waals surface area contributed by atoms with Crippen molar-refractivity contribution in [3.63, 3.8) is 0 Å². The van der Waals surface area contributed by atoms with Gasteiger partial charge in [0.05, 0.1) is 42.1 Å². The molecule has 0 atom stereocenters. The summed E-state index contributed by atoms with van der Waals surface area (Å²) < 4.78 is 124. The summed E-state index contributed by atoms with van der Waals surface area (Å²) in [4.78, 5) is 21.3. The van der Waals surface area contributed by atoms with Gasteiger partial charge in [0.25, 0.3) is 40.1 Å². The maximum atomic E-state index is 13.1. The van der Waals surface area contributed by atoms with E-state index < -0.39 is 52.0 Å². The lowest BCUT2D eigenvalue weighted by Crippen LogP contribution is -2.15. The average molecular weight is 906 g/mol. The summed E-state index contributed by atoms with van der Waals surface area (Å²) in [7, 11) is -15.6. The number of anilines is 4. The Labute approximate surface area is 350 Å². The van der Waals surface area contributed by atoms with Gasteiger partial charge < -0.3 is 19.5 Å². The van der Waals surface area contributed by atoms with Gasteiger partial charge in [0.15, 0.2) is 0 Å². The van der Waals surface area contributed by atoms with E-state index in [4.69, 9.17) is 19.5 Å². The Morgan fingerprint density at radius 3 is 0.967 bits per heavy atom. The van der Waals surface area contributed by atoms with Crippen LogP contribution in [0.1, 0.15) is 20.7 Å². The fourth-order valence-electron chi connectivity index (χ4n) is 5.21. The average Bonchev–Trinajstić information content (AvgIpc) is 3.21. The zero-order chi connectivity index (χ0) is 44.0. The molecule has 6 rings (SSSR count). The quantitative estimate of drug-likeness (QED) is 0.0599. The van der Waals surface area contributed by atoms with Crippen LogP contribution in [0, 0.1) is 0 Å².